The van der Waals surface area contributed by atoms with Crippen molar-refractivity contribution in [3.63, 3.8) is 0 Å². The van der Waals surface area contributed by atoms with E-state index in [1.807, 2.05) is 16.7 Å². The molecule has 1 aromatic carbocycles. The van der Waals surface area contributed by atoms with E-state index in [9.17, 15) is 8.42 Å². The molecule has 0 spiro atoms. The summed E-state index contributed by atoms with van der Waals surface area (Å²) in [4.78, 5) is 3.06. The summed E-state index contributed by atoms with van der Waals surface area (Å²) in [6.07, 6.45) is 1.75. The first-order valence-electron chi connectivity index (χ1n) is 5.43. The van der Waals surface area contributed by atoms with Crippen molar-refractivity contribution in [2.45, 2.75) is 13.0 Å². The molecule has 0 radical (unpaired) electrons. The van der Waals surface area contributed by atoms with Gasteiger partial charge in [0.25, 0.3) is 0 Å². The van der Waals surface area contributed by atoms with Crippen molar-refractivity contribution in [1.29, 1.82) is 0 Å². The number of nitrogens with one attached hydrogen (secondary N) is 1. The number of hydrogen-bond acceptors (Lipinski definition) is 3. The summed E-state index contributed by atoms with van der Waals surface area (Å²) in [6.45, 7) is 0.537. The molecule has 0 unspecified atom stereocenters. The van der Waals surface area contributed by atoms with Crippen molar-refractivity contribution in [3.05, 3.63) is 28.0 Å². The normalized spacial score (nSPS) is 12.1. The van der Waals surface area contributed by atoms with E-state index < -0.39 is 9.84 Å². The quantitative estimate of drug-likeness (QED) is 0.884. The summed E-state index contributed by atoms with van der Waals surface area (Å²) in [5.41, 5.74) is 1.70. The number of nitrogens with zero attached hydrogens (tertiary/aromatic N) is 1. The molecule has 0 aliphatic carbocycles. The van der Waals surface area contributed by atoms with Crippen LogP contribution in [-0.2, 0) is 16.4 Å². The van der Waals surface area contributed by atoms with Crippen LogP contribution in [-0.4, -0.2) is 30.0 Å². The minimum atomic E-state index is -2.94. The van der Waals surface area contributed by atoms with Gasteiger partial charge in [-0.25, -0.2) is 8.42 Å². The average molecular weight is 305 g/mol. The van der Waals surface area contributed by atoms with E-state index in [0.29, 0.717) is 22.8 Å². The molecule has 4 nitrogen and oxygen atoms in total. The van der Waals surface area contributed by atoms with Crippen molar-refractivity contribution in [3.8, 4) is 0 Å². The largest absolute Gasteiger partial charge is 0.331 e. The van der Waals surface area contributed by atoms with Crippen LogP contribution >= 0.6 is 23.8 Å². The predicted molar refractivity (Wildman–Crippen MR) is 76.5 cm³/mol. The molecule has 0 saturated heterocycles. The number of aromatic nitrogens is 2. The minimum absolute atomic E-state index is 0.145. The highest BCUT2D eigenvalue weighted by Crippen LogP contribution is 2.23. The third-order valence-electron chi connectivity index (χ3n) is 2.64. The fourth-order valence-corrected chi connectivity index (χ4v) is 3.10. The van der Waals surface area contributed by atoms with Crippen LogP contribution < -0.4 is 0 Å². The Kier molecular flexibility index (Phi) is 3.79. The number of para-hydroxylation sites is 1. The van der Waals surface area contributed by atoms with Gasteiger partial charge in [-0.1, -0.05) is 17.7 Å². The van der Waals surface area contributed by atoms with Crippen LogP contribution in [0.1, 0.15) is 6.42 Å². The highest BCUT2D eigenvalue weighted by Gasteiger charge is 2.09. The van der Waals surface area contributed by atoms with Gasteiger partial charge in [0.15, 0.2) is 4.77 Å². The third kappa shape index (κ3) is 2.93. The fourth-order valence-electron chi connectivity index (χ4n) is 1.87. The second kappa shape index (κ2) is 5.03. The van der Waals surface area contributed by atoms with Gasteiger partial charge < -0.3 is 9.55 Å². The summed E-state index contributed by atoms with van der Waals surface area (Å²) in [7, 11) is -2.94. The van der Waals surface area contributed by atoms with Gasteiger partial charge in [0.1, 0.15) is 9.84 Å². The molecule has 0 saturated carbocycles. The first-order valence-corrected chi connectivity index (χ1v) is 8.28. The van der Waals surface area contributed by atoms with Gasteiger partial charge in [0, 0.05) is 12.8 Å². The number of rotatable bonds is 4. The molecule has 1 N–H and O–H groups in total. The zero-order chi connectivity index (χ0) is 13.3. The molecule has 0 aliphatic heterocycles. The second-order valence-electron chi connectivity index (χ2n) is 4.20. The second-order valence-corrected chi connectivity index (χ2v) is 7.25. The van der Waals surface area contributed by atoms with Crippen LogP contribution in [0.2, 0.25) is 5.02 Å². The summed E-state index contributed by atoms with van der Waals surface area (Å²) in [5.74, 6) is 0.145. The number of H-pyrrole nitrogens is 1. The molecule has 7 heteroatoms. The first-order chi connectivity index (χ1) is 8.38. The first kappa shape index (κ1) is 13.6. The van der Waals surface area contributed by atoms with E-state index >= 15 is 0 Å². The lowest BCUT2D eigenvalue weighted by Gasteiger charge is -2.05. The number of hydrogen-bond donors (Lipinski definition) is 1. The summed E-state index contributed by atoms with van der Waals surface area (Å²) >= 11 is 11.4. The van der Waals surface area contributed by atoms with Gasteiger partial charge in [-0.05, 0) is 30.8 Å². The monoisotopic (exact) mass is 304 g/mol. The molecule has 1 aromatic heterocycles. The Morgan fingerprint density at radius 3 is 2.83 bits per heavy atom. The van der Waals surface area contributed by atoms with Crippen molar-refractivity contribution in [2.24, 2.45) is 0 Å². The van der Waals surface area contributed by atoms with Gasteiger partial charge in [0.2, 0.25) is 0 Å². The molecule has 2 rings (SSSR count). The third-order valence-corrected chi connectivity index (χ3v) is 4.30. The van der Waals surface area contributed by atoms with Gasteiger partial charge in [-0.2, -0.15) is 0 Å². The number of fused-ring (bicyclic) bond motifs is 1. The lowest BCUT2D eigenvalue weighted by molar-refractivity contribution is 0.592. The Morgan fingerprint density at radius 2 is 2.17 bits per heavy atom. The van der Waals surface area contributed by atoms with Gasteiger partial charge >= 0.3 is 0 Å². The van der Waals surface area contributed by atoms with Crippen LogP contribution in [0.5, 0.6) is 0 Å². The molecule has 0 atom stereocenters. The maximum absolute atomic E-state index is 11.1. The Morgan fingerprint density at radius 1 is 1.44 bits per heavy atom. The van der Waals surface area contributed by atoms with Gasteiger partial charge in [-0.15, -0.1) is 0 Å². The van der Waals surface area contributed by atoms with Crippen LogP contribution in [0.15, 0.2) is 18.2 Å². The van der Waals surface area contributed by atoms with Gasteiger partial charge in [0.05, 0.1) is 21.8 Å². The zero-order valence-corrected chi connectivity index (χ0v) is 12.2. The molecule has 98 valence electrons. The molecule has 1 heterocycles. The van der Waals surface area contributed by atoms with Gasteiger partial charge in [-0.3, -0.25) is 0 Å². The molecular formula is C11H13ClN2O2S2. The Labute approximate surface area is 115 Å². The molecular weight excluding hydrogens is 292 g/mol. The number of sulfone groups is 1. The highest BCUT2D eigenvalue weighted by molar-refractivity contribution is 7.90. The van der Waals surface area contributed by atoms with E-state index in [2.05, 4.69) is 4.98 Å². The Bertz CT molecular complexity index is 731. The van der Waals surface area contributed by atoms with Crippen LogP contribution in [0.4, 0.5) is 0 Å². The predicted octanol–water partition coefficient (Wildman–Crippen LogP) is 2.79. The van der Waals surface area contributed by atoms with Crippen molar-refractivity contribution >= 4 is 44.7 Å². The topological polar surface area (TPSA) is 54.9 Å². The van der Waals surface area contributed by atoms with E-state index in [4.69, 9.17) is 23.8 Å². The number of halogens is 1. The molecule has 0 amide bonds. The van der Waals surface area contributed by atoms with E-state index in [0.717, 1.165) is 11.0 Å². The molecule has 0 bridgehead atoms. The zero-order valence-electron chi connectivity index (χ0n) is 9.81. The smallest absolute Gasteiger partial charge is 0.178 e. The Hall–Kier alpha value is -0.850. The van der Waals surface area contributed by atoms with Crippen molar-refractivity contribution in [1.82, 2.24) is 9.55 Å². The van der Waals surface area contributed by atoms with E-state index in [1.165, 1.54) is 6.26 Å². The average Bonchev–Trinajstić information content (AvgIpc) is 2.55. The molecule has 18 heavy (non-hydrogen) atoms. The van der Waals surface area contributed by atoms with Crippen LogP contribution in [0, 0.1) is 4.77 Å². The maximum atomic E-state index is 11.1. The fraction of sp³-hybridized carbons (Fsp3) is 0.364. The molecule has 0 aliphatic rings. The van der Waals surface area contributed by atoms with Crippen molar-refractivity contribution < 1.29 is 8.42 Å². The Balaban J connectivity index is 2.33. The number of imidazole rings is 1. The van der Waals surface area contributed by atoms with Crippen LogP contribution in [0.25, 0.3) is 11.0 Å². The SMILES string of the molecule is CS(=O)(=O)CCCn1c(=S)[nH]c2cccc(Cl)c21. The number of aryl methyl sites for hydroxylation is 1. The number of aromatic amines is 1. The summed E-state index contributed by atoms with van der Waals surface area (Å²) in [5, 5.41) is 0.610. The summed E-state index contributed by atoms with van der Waals surface area (Å²) < 4.78 is 24.6. The van der Waals surface area contributed by atoms with E-state index in [1.54, 1.807) is 6.07 Å². The highest BCUT2D eigenvalue weighted by atomic mass is 35.5. The maximum Gasteiger partial charge on any atom is 0.178 e. The minimum Gasteiger partial charge on any atom is -0.331 e. The number of benzene rings is 1. The summed E-state index contributed by atoms with van der Waals surface area (Å²) in [6, 6.07) is 5.53. The standard InChI is InChI=1S/C11H13ClN2O2S2/c1-18(15,16)7-3-6-14-10-8(12)4-2-5-9(10)13-11(14)17/h2,4-5H,3,6-7H2,1H3,(H,13,17). The lowest BCUT2D eigenvalue weighted by atomic mass is 10.3. The van der Waals surface area contributed by atoms with Crippen LogP contribution in [0.3, 0.4) is 0 Å². The molecule has 2 aromatic rings. The molecule has 0 fully saturated rings. The lowest BCUT2D eigenvalue weighted by Crippen LogP contribution is -2.07. The van der Waals surface area contributed by atoms with Crippen molar-refractivity contribution in [2.75, 3.05) is 12.0 Å². The van der Waals surface area contributed by atoms with E-state index in [-0.39, 0.29) is 5.75 Å².